The van der Waals surface area contributed by atoms with Crippen molar-refractivity contribution >= 4 is 5.82 Å². The first-order valence-corrected chi connectivity index (χ1v) is 9.03. The molecule has 27 heavy (non-hydrogen) atoms. The number of halogens is 3. The fourth-order valence-electron chi connectivity index (χ4n) is 3.59. The Morgan fingerprint density at radius 3 is 2.37 bits per heavy atom. The molecule has 0 unspecified atom stereocenters. The second-order valence-corrected chi connectivity index (χ2v) is 6.81. The Labute approximate surface area is 154 Å². The van der Waals surface area contributed by atoms with E-state index >= 15 is 0 Å². The van der Waals surface area contributed by atoms with Crippen LogP contribution in [0.2, 0.25) is 0 Å². The topological polar surface area (TPSA) is 67.2 Å². The first kappa shape index (κ1) is 19.3. The maximum Gasteiger partial charge on any atom is 0.391 e. The molecule has 146 valence electrons. The Hall–Kier alpha value is -2.51. The predicted octanol–water partition coefficient (Wildman–Crippen LogP) is 4.21. The molecule has 0 amide bonds. The predicted molar refractivity (Wildman–Crippen MR) is 96.4 cm³/mol. The van der Waals surface area contributed by atoms with Crippen LogP contribution in [0.25, 0.3) is 5.69 Å². The van der Waals surface area contributed by atoms with E-state index in [2.05, 4.69) is 10.3 Å². The molecule has 1 heterocycles. The zero-order chi connectivity index (χ0) is 19.6. The molecule has 8 heteroatoms. The minimum absolute atomic E-state index is 0.0328. The molecule has 0 atom stereocenters. The molecule has 1 aromatic carbocycles. The number of hydrogen-bond donors (Lipinski definition) is 2. The van der Waals surface area contributed by atoms with Crippen molar-refractivity contribution in [2.24, 2.45) is 5.92 Å². The summed E-state index contributed by atoms with van der Waals surface area (Å²) >= 11 is 0. The van der Waals surface area contributed by atoms with E-state index in [1.165, 1.54) is 22.8 Å². The van der Waals surface area contributed by atoms with Gasteiger partial charge < -0.3 is 10.4 Å². The van der Waals surface area contributed by atoms with Gasteiger partial charge in [0, 0.05) is 18.5 Å². The van der Waals surface area contributed by atoms with Crippen LogP contribution in [0.15, 0.2) is 35.1 Å². The molecule has 2 N–H and O–H groups in total. The number of nitrogens with one attached hydrogen (secondary N) is 1. The van der Waals surface area contributed by atoms with E-state index in [1.54, 1.807) is 12.1 Å². The monoisotopic (exact) mass is 381 g/mol. The number of alkyl halides is 3. The number of hydrogen-bond acceptors (Lipinski definition) is 4. The average molecular weight is 381 g/mol. The molecule has 0 spiro atoms. The fraction of sp³-hybridized carbons (Fsp3) is 0.474. The van der Waals surface area contributed by atoms with Gasteiger partial charge in [0.2, 0.25) is 0 Å². The lowest BCUT2D eigenvalue weighted by molar-refractivity contribution is -0.182. The zero-order valence-electron chi connectivity index (χ0n) is 15.0. The SMILES string of the molecule is CCNc1cc(=O)n(-c2ccc(O)cc2)c(C2CCC(C(F)(F)F)CC2)n1. The lowest BCUT2D eigenvalue weighted by Crippen LogP contribution is -2.31. The quantitative estimate of drug-likeness (QED) is 0.833. The second kappa shape index (κ2) is 7.62. The molecule has 0 radical (unpaired) electrons. The van der Waals surface area contributed by atoms with Crippen molar-refractivity contribution in [2.75, 3.05) is 11.9 Å². The summed E-state index contributed by atoms with van der Waals surface area (Å²) in [6.07, 6.45) is -3.47. The number of nitrogens with zero attached hydrogens (tertiary/aromatic N) is 2. The molecule has 1 aromatic heterocycles. The average Bonchev–Trinajstić information content (AvgIpc) is 2.62. The lowest BCUT2D eigenvalue weighted by atomic mass is 9.81. The van der Waals surface area contributed by atoms with Crippen molar-refractivity contribution in [1.29, 1.82) is 0 Å². The zero-order valence-corrected chi connectivity index (χ0v) is 15.0. The first-order chi connectivity index (χ1) is 12.8. The highest BCUT2D eigenvalue weighted by atomic mass is 19.4. The number of phenolic OH excluding ortho intramolecular Hbond substituents is 1. The molecular formula is C19H22F3N3O2. The number of benzene rings is 1. The second-order valence-electron chi connectivity index (χ2n) is 6.81. The van der Waals surface area contributed by atoms with Gasteiger partial charge in [0.15, 0.2) is 0 Å². The summed E-state index contributed by atoms with van der Waals surface area (Å²) in [6, 6.07) is 7.49. The molecule has 0 saturated heterocycles. The number of rotatable bonds is 4. The summed E-state index contributed by atoms with van der Waals surface area (Å²) in [6.45, 7) is 2.46. The number of phenols is 1. The van der Waals surface area contributed by atoms with Crippen molar-refractivity contribution in [2.45, 2.75) is 44.7 Å². The van der Waals surface area contributed by atoms with Gasteiger partial charge in [-0.2, -0.15) is 13.2 Å². The minimum atomic E-state index is -4.18. The third-order valence-corrected chi connectivity index (χ3v) is 4.97. The van der Waals surface area contributed by atoms with Crippen LogP contribution in [-0.4, -0.2) is 27.4 Å². The highest BCUT2D eigenvalue weighted by Gasteiger charge is 2.42. The number of anilines is 1. The Kier molecular flexibility index (Phi) is 5.43. The molecule has 1 aliphatic rings. The fourth-order valence-corrected chi connectivity index (χ4v) is 3.59. The van der Waals surface area contributed by atoms with Crippen LogP contribution >= 0.6 is 0 Å². The Bertz CT molecular complexity index is 839. The van der Waals surface area contributed by atoms with Gasteiger partial charge in [-0.05, 0) is 56.9 Å². The van der Waals surface area contributed by atoms with E-state index in [0.717, 1.165) is 0 Å². The highest BCUT2D eigenvalue weighted by Crippen LogP contribution is 2.42. The maximum absolute atomic E-state index is 13.0. The van der Waals surface area contributed by atoms with Gasteiger partial charge in [-0.15, -0.1) is 0 Å². The van der Waals surface area contributed by atoms with E-state index in [1.807, 2.05) is 6.92 Å². The Balaban J connectivity index is 1.99. The van der Waals surface area contributed by atoms with Gasteiger partial charge in [0.25, 0.3) is 5.56 Å². The van der Waals surface area contributed by atoms with Gasteiger partial charge in [0.1, 0.15) is 17.4 Å². The summed E-state index contributed by atoms with van der Waals surface area (Å²) in [5, 5.41) is 12.5. The third kappa shape index (κ3) is 4.26. The summed E-state index contributed by atoms with van der Waals surface area (Å²) in [5.74, 6) is -0.574. The van der Waals surface area contributed by atoms with E-state index in [-0.39, 0.29) is 30.1 Å². The standard InChI is InChI=1S/C19H22F3N3O2/c1-2-23-16-11-17(27)25(14-7-9-15(26)10-8-14)18(24-16)12-3-5-13(6-4-12)19(20,21)22/h7-13,23,26H,2-6H2,1H3. The third-order valence-electron chi connectivity index (χ3n) is 4.97. The first-order valence-electron chi connectivity index (χ1n) is 9.03. The molecule has 5 nitrogen and oxygen atoms in total. The Morgan fingerprint density at radius 2 is 1.81 bits per heavy atom. The minimum Gasteiger partial charge on any atom is -0.508 e. The van der Waals surface area contributed by atoms with Crippen LogP contribution in [0.5, 0.6) is 5.75 Å². The van der Waals surface area contributed by atoms with Crippen molar-refractivity contribution in [3.63, 3.8) is 0 Å². The van der Waals surface area contributed by atoms with Gasteiger partial charge in [-0.1, -0.05) is 0 Å². The van der Waals surface area contributed by atoms with Crippen molar-refractivity contribution in [3.8, 4) is 11.4 Å². The summed E-state index contributed by atoms with van der Waals surface area (Å²) in [4.78, 5) is 17.3. The molecule has 1 fully saturated rings. The number of aromatic nitrogens is 2. The van der Waals surface area contributed by atoms with Gasteiger partial charge in [-0.3, -0.25) is 9.36 Å². The number of aromatic hydroxyl groups is 1. The van der Waals surface area contributed by atoms with Crippen molar-refractivity contribution < 1.29 is 18.3 Å². The van der Waals surface area contributed by atoms with Crippen molar-refractivity contribution in [1.82, 2.24) is 9.55 Å². The summed E-state index contributed by atoms with van der Waals surface area (Å²) in [7, 11) is 0. The van der Waals surface area contributed by atoms with Crippen LogP contribution in [0.4, 0.5) is 19.0 Å². The molecule has 2 aromatic rings. The van der Waals surface area contributed by atoms with E-state index in [0.29, 0.717) is 36.7 Å². The van der Waals surface area contributed by atoms with Gasteiger partial charge >= 0.3 is 6.18 Å². The van der Waals surface area contributed by atoms with Gasteiger partial charge in [-0.25, -0.2) is 4.98 Å². The van der Waals surface area contributed by atoms with Gasteiger partial charge in [0.05, 0.1) is 11.6 Å². The summed E-state index contributed by atoms with van der Waals surface area (Å²) in [5.41, 5.74) is 0.223. The van der Waals surface area contributed by atoms with Crippen LogP contribution in [-0.2, 0) is 0 Å². The van der Waals surface area contributed by atoms with Crippen molar-refractivity contribution in [3.05, 3.63) is 46.5 Å². The largest absolute Gasteiger partial charge is 0.508 e. The highest BCUT2D eigenvalue weighted by molar-refractivity contribution is 5.41. The molecule has 0 aliphatic heterocycles. The van der Waals surface area contributed by atoms with Crippen LogP contribution in [0, 0.1) is 5.92 Å². The Morgan fingerprint density at radius 1 is 1.19 bits per heavy atom. The maximum atomic E-state index is 13.0. The molecular weight excluding hydrogens is 359 g/mol. The smallest absolute Gasteiger partial charge is 0.391 e. The lowest BCUT2D eigenvalue weighted by Gasteiger charge is -2.30. The van der Waals surface area contributed by atoms with Crippen LogP contribution in [0.1, 0.15) is 44.3 Å². The molecule has 1 saturated carbocycles. The normalized spacial score (nSPS) is 20.4. The molecule has 0 bridgehead atoms. The van der Waals surface area contributed by atoms with Crippen LogP contribution < -0.4 is 10.9 Å². The summed E-state index contributed by atoms with van der Waals surface area (Å²) < 4.78 is 40.4. The van der Waals surface area contributed by atoms with E-state index in [4.69, 9.17) is 0 Å². The molecule has 3 rings (SSSR count). The van der Waals surface area contributed by atoms with Crippen LogP contribution in [0.3, 0.4) is 0 Å². The van der Waals surface area contributed by atoms with E-state index < -0.39 is 12.1 Å². The molecule has 1 aliphatic carbocycles. The van der Waals surface area contributed by atoms with E-state index in [9.17, 15) is 23.1 Å².